The molecule has 0 radical (unpaired) electrons. The lowest BCUT2D eigenvalue weighted by molar-refractivity contribution is 0.0939. The molecule has 0 bridgehead atoms. The maximum atomic E-state index is 12.3. The van der Waals surface area contributed by atoms with Crippen LogP contribution in [0.5, 0.6) is 0 Å². The molecule has 0 spiro atoms. The fourth-order valence-electron chi connectivity index (χ4n) is 2.11. The molecule has 0 fully saturated rings. The number of carbonyl (C=O) groups is 1. The summed E-state index contributed by atoms with van der Waals surface area (Å²) in [5, 5.41) is 2.92. The van der Waals surface area contributed by atoms with Gasteiger partial charge in [-0.1, -0.05) is 19.4 Å². The van der Waals surface area contributed by atoms with E-state index in [1.807, 2.05) is 25.1 Å². The van der Waals surface area contributed by atoms with Gasteiger partial charge in [0.1, 0.15) is 5.82 Å². The highest BCUT2D eigenvalue weighted by Crippen LogP contribution is 2.13. The predicted octanol–water partition coefficient (Wildman–Crippen LogP) is 2.50. The Kier molecular flexibility index (Phi) is 4.87. The van der Waals surface area contributed by atoms with Crippen molar-refractivity contribution in [2.75, 3.05) is 5.73 Å². The first-order chi connectivity index (χ1) is 10.1. The summed E-state index contributed by atoms with van der Waals surface area (Å²) in [5.41, 5.74) is 7.96. The molecule has 2 aromatic heterocycles. The number of aryl methyl sites for hydroxylation is 1. The summed E-state index contributed by atoms with van der Waals surface area (Å²) >= 11 is 0. The molecule has 110 valence electrons. The first kappa shape index (κ1) is 15.0. The van der Waals surface area contributed by atoms with Gasteiger partial charge < -0.3 is 11.1 Å². The van der Waals surface area contributed by atoms with Crippen LogP contribution in [0.1, 0.15) is 48.1 Å². The normalized spacial score (nSPS) is 11.9. The highest BCUT2D eigenvalue weighted by molar-refractivity contribution is 5.95. The van der Waals surface area contributed by atoms with Crippen LogP contribution in [0.25, 0.3) is 0 Å². The number of anilines is 1. The number of amides is 1. The van der Waals surface area contributed by atoms with E-state index in [9.17, 15) is 4.79 Å². The third-order valence-corrected chi connectivity index (χ3v) is 3.15. The number of hydrogen-bond acceptors (Lipinski definition) is 4. The Hall–Kier alpha value is -2.43. The number of nitrogens with two attached hydrogens (primary N) is 1. The monoisotopic (exact) mass is 284 g/mol. The summed E-state index contributed by atoms with van der Waals surface area (Å²) in [7, 11) is 0. The number of aromatic nitrogens is 2. The van der Waals surface area contributed by atoms with E-state index in [1.54, 1.807) is 18.3 Å². The number of hydrogen-bond donors (Lipinski definition) is 2. The molecule has 5 nitrogen and oxygen atoms in total. The first-order valence-corrected chi connectivity index (χ1v) is 7.08. The zero-order valence-corrected chi connectivity index (χ0v) is 12.3. The second-order valence-corrected chi connectivity index (χ2v) is 4.97. The molecule has 2 heterocycles. The van der Waals surface area contributed by atoms with Gasteiger partial charge in [0.15, 0.2) is 0 Å². The lowest BCUT2D eigenvalue weighted by Gasteiger charge is -2.14. The van der Waals surface area contributed by atoms with Gasteiger partial charge in [0, 0.05) is 17.5 Å². The van der Waals surface area contributed by atoms with Crippen molar-refractivity contribution in [3.63, 3.8) is 0 Å². The Bertz CT molecular complexity index is 613. The van der Waals surface area contributed by atoms with E-state index >= 15 is 0 Å². The quantitative estimate of drug-likeness (QED) is 0.884. The summed E-state index contributed by atoms with van der Waals surface area (Å²) in [5.74, 6) is 0.205. The molecule has 0 aliphatic carbocycles. The van der Waals surface area contributed by atoms with Crippen molar-refractivity contribution < 1.29 is 4.79 Å². The zero-order chi connectivity index (χ0) is 15.2. The van der Waals surface area contributed by atoms with Gasteiger partial charge in [-0.2, -0.15) is 0 Å². The average molecular weight is 284 g/mol. The van der Waals surface area contributed by atoms with Crippen molar-refractivity contribution in [1.29, 1.82) is 0 Å². The Morgan fingerprint density at radius 1 is 1.38 bits per heavy atom. The van der Waals surface area contributed by atoms with Gasteiger partial charge in [-0.3, -0.25) is 9.78 Å². The Morgan fingerprint density at radius 2 is 2.19 bits per heavy atom. The minimum atomic E-state index is -0.167. The molecule has 1 amide bonds. The van der Waals surface area contributed by atoms with Crippen LogP contribution in [0, 0.1) is 0 Å². The molecule has 2 aromatic rings. The van der Waals surface area contributed by atoms with Crippen molar-refractivity contribution in [2.24, 2.45) is 0 Å². The van der Waals surface area contributed by atoms with Gasteiger partial charge in [-0.15, -0.1) is 0 Å². The minimum Gasteiger partial charge on any atom is -0.384 e. The van der Waals surface area contributed by atoms with Crippen LogP contribution in [0.4, 0.5) is 5.82 Å². The predicted molar refractivity (Wildman–Crippen MR) is 82.8 cm³/mol. The fraction of sp³-hybridized carbons (Fsp3) is 0.312. The second kappa shape index (κ2) is 6.83. The Morgan fingerprint density at radius 3 is 2.86 bits per heavy atom. The SMILES string of the molecule is CCCc1cc(C(=O)NC(C)c2ccccn2)cc(N)n1. The highest BCUT2D eigenvalue weighted by Gasteiger charge is 2.13. The minimum absolute atomic E-state index is 0.164. The van der Waals surface area contributed by atoms with Gasteiger partial charge >= 0.3 is 0 Å². The smallest absolute Gasteiger partial charge is 0.252 e. The number of nitrogens with one attached hydrogen (secondary N) is 1. The molecular formula is C16H20N4O. The van der Waals surface area contributed by atoms with Crippen LogP contribution in [0.3, 0.4) is 0 Å². The van der Waals surface area contributed by atoms with Gasteiger partial charge in [0.05, 0.1) is 11.7 Å². The van der Waals surface area contributed by atoms with E-state index in [-0.39, 0.29) is 11.9 Å². The summed E-state index contributed by atoms with van der Waals surface area (Å²) < 4.78 is 0. The number of pyridine rings is 2. The summed E-state index contributed by atoms with van der Waals surface area (Å²) in [4.78, 5) is 20.8. The van der Waals surface area contributed by atoms with Crippen molar-refractivity contribution in [1.82, 2.24) is 15.3 Å². The van der Waals surface area contributed by atoms with Crippen molar-refractivity contribution in [3.05, 3.63) is 53.5 Å². The van der Waals surface area contributed by atoms with Gasteiger partial charge in [0.25, 0.3) is 5.91 Å². The summed E-state index contributed by atoms with van der Waals surface area (Å²) in [6, 6.07) is 8.85. The van der Waals surface area contributed by atoms with Gasteiger partial charge in [-0.25, -0.2) is 4.98 Å². The zero-order valence-electron chi connectivity index (χ0n) is 12.3. The topological polar surface area (TPSA) is 80.9 Å². The van der Waals surface area contributed by atoms with Crippen molar-refractivity contribution >= 4 is 11.7 Å². The number of rotatable bonds is 5. The summed E-state index contributed by atoms with van der Waals surface area (Å²) in [6.07, 6.45) is 3.48. The van der Waals surface area contributed by atoms with Crippen LogP contribution >= 0.6 is 0 Å². The van der Waals surface area contributed by atoms with Crippen molar-refractivity contribution in [2.45, 2.75) is 32.7 Å². The molecule has 3 N–H and O–H groups in total. The third kappa shape index (κ3) is 4.02. The molecule has 0 aromatic carbocycles. The molecular weight excluding hydrogens is 264 g/mol. The largest absolute Gasteiger partial charge is 0.384 e. The van der Waals surface area contributed by atoms with E-state index in [0.717, 1.165) is 24.2 Å². The lowest BCUT2D eigenvalue weighted by atomic mass is 10.1. The highest BCUT2D eigenvalue weighted by atomic mass is 16.1. The molecule has 5 heteroatoms. The molecule has 0 aliphatic rings. The molecule has 1 unspecified atom stereocenters. The average Bonchev–Trinajstić information content (AvgIpc) is 2.48. The molecule has 2 rings (SSSR count). The fourth-order valence-corrected chi connectivity index (χ4v) is 2.11. The van der Waals surface area contributed by atoms with Crippen molar-refractivity contribution in [3.8, 4) is 0 Å². The number of nitrogen functional groups attached to an aromatic ring is 1. The molecule has 21 heavy (non-hydrogen) atoms. The van der Waals surface area contributed by atoms with Crippen LogP contribution in [-0.4, -0.2) is 15.9 Å². The van der Waals surface area contributed by atoms with E-state index in [2.05, 4.69) is 22.2 Å². The van der Waals surface area contributed by atoms with Crippen LogP contribution in [0.15, 0.2) is 36.5 Å². The van der Waals surface area contributed by atoms with Gasteiger partial charge in [-0.05, 0) is 37.6 Å². The van der Waals surface area contributed by atoms with Crippen LogP contribution in [0.2, 0.25) is 0 Å². The van der Waals surface area contributed by atoms with Crippen LogP contribution < -0.4 is 11.1 Å². The van der Waals surface area contributed by atoms with E-state index in [4.69, 9.17) is 5.73 Å². The number of carbonyl (C=O) groups excluding carboxylic acids is 1. The molecule has 0 saturated carbocycles. The molecule has 1 atom stereocenters. The first-order valence-electron chi connectivity index (χ1n) is 7.08. The van der Waals surface area contributed by atoms with E-state index in [1.165, 1.54) is 0 Å². The lowest BCUT2D eigenvalue weighted by Crippen LogP contribution is -2.27. The Labute approximate surface area is 124 Å². The standard InChI is InChI=1S/C16H20N4O/c1-3-6-13-9-12(10-15(17)20-13)16(21)19-11(2)14-7-4-5-8-18-14/h4-5,7-11H,3,6H2,1-2H3,(H2,17,20)(H,19,21). The molecule has 0 saturated heterocycles. The maximum Gasteiger partial charge on any atom is 0.252 e. The van der Waals surface area contributed by atoms with Gasteiger partial charge in [0.2, 0.25) is 0 Å². The van der Waals surface area contributed by atoms with E-state index in [0.29, 0.717) is 11.4 Å². The molecule has 0 aliphatic heterocycles. The third-order valence-electron chi connectivity index (χ3n) is 3.15. The Balaban J connectivity index is 2.13. The van der Waals surface area contributed by atoms with Crippen LogP contribution in [-0.2, 0) is 6.42 Å². The second-order valence-electron chi connectivity index (χ2n) is 4.97. The summed E-state index contributed by atoms with van der Waals surface area (Å²) in [6.45, 7) is 3.96. The maximum absolute atomic E-state index is 12.3. The van der Waals surface area contributed by atoms with E-state index < -0.39 is 0 Å². The number of nitrogens with zero attached hydrogens (tertiary/aromatic N) is 2.